The Hall–Kier alpha value is -2.15. The Morgan fingerprint density at radius 2 is 2.04 bits per heavy atom. The lowest BCUT2D eigenvalue weighted by molar-refractivity contribution is -0.128. The summed E-state index contributed by atoms with van der Waals surface area (Å²) in [6, 6.07) is 3.43. The number of carbonyl (C=O) groups is 2. The molecule has 1 aromatic rings. The molecule has 2 fully saturated rings. The number of hydrogen-bond acceptors (Lipinski definition) is 5. The molecule has 2 unspecified atom stereocenters. The number of aromatic nitrogens is 1. The molecule has 2 amide bonds. The Bertz CT molecular complexity index is 648. The third kappa shape index (κ3) is 3.33. The van der Waals surface area contributed by atoms with Gasteiger partial charge in [-0.25, -0.2) is 4.98 Å². The standard InChI is InChI=1S/C18H25N3O4/c1-13(22)21-10-15-9-20(7-6-18(15,11-21)12-24-2)17(23)14-4-5-16(25-3)19-8-14/h4-5,8,15H,6-7,9-12H2,1-3H3. The Kier molecular flexibility index (Phi) is 4.94. The van der Waals surface area contributed by atoms with E-state index in [9.17, 15) is 9.59 Å². The first kappa shape index (κ1) is 17.7. The molecule has 3 rings (SSSR count). The van der Waals surface area contributed by atoms with Crippen LogP contribution in [0.15, 0.2) is 18.3 Å². The summed E-state index contributed by atoms with van der Waals surface area (Å²) in [5.74, 6) is 0.784. The van der Waals surface area contributed by atoms with Gasteiger partial charge in [-0.05, 0) is 12.5 Å². The molecule has 7 nitrogen and oxygen atoms in total. The summed E-state index contributed by atoms with van der Waals surface area (Å²) in [6.07, 6.45) is 2.39. The molecule has 3 heterocycles. The molecule has 0 bridgehead atoms. The number of likely N-dealkylation sites (tertiary alicyclic amines) is 2. The molecule has 2 atom stereocenters. The van der Waals surface area contributed by atoms with Crippen LogP contribution in [-0.4, -0.2) is 73.6 Å². The van der Waals surface area contributed by atoms with E-state index in [0.29, 0.717) is 44.2 Å². The number of piperidine rings is 1. The summed E-state index contributed by atoms with van der Waals surface area (Å²) in [4.78, 5) is 32.5. The maximum atomic E-state index is 12.8. The van der Waals surface area contributed by atoms with E-state index in [1.807, 2.05) is 9.80 Å². The van der Waals surface area contributed by atoms with E-state index >= 15 is 0 Å². The predicted octanol–water partition coefficient (Wildman–Crippen LogP) is 1.05. The van der Waals surface area contributed by atoms with Gasteiger partial charge in [-0.15, -0.1) is 0 Å². The molecule has 0 N–H and O–H groups in total. The van der Waals surface area contributed by atoms with E-state index in [0.717, 1.165) is 6.42 Å². The SMILES string of the molecule is COCC12CCN(C(=O)c3ccc(OC)nc3)CC1CN(C(C)=O)C2. The molecular formula is C18H25N3O4. The number of ether oxygens (including phenoxy) is 2. The van der Waals surface area contributed by atoms with Crippen molar-refractivity contribution in [2.45, 2.75) is 13.3 Å². The van der Waals surface area contributed by atoms with Gasteiger partial charge < -0.3 is 19.3 Å². The summed E-state index contributed by atoms with van der Waals surface area (Å²) in [7, 11) is 3.24. The van der Waals surface area contributed by atoms with Crippen molar-refractivity contribution in [3.8, 4) is 5.88 Å². The van der Waals surface area contributed by atoms with Crippen molar-refractivity contribution in [2.75, 3.05) is 47.0 Å². The molecule has 0 aliphatic carbocycles. The molecule has 2 aliphatic rings. The fourth-order valence-electron chi connectivity index (χ4n) is 4.04. The summed E-state index contributed by atoms with van der Waals surface area (Å²) in [5, 5.41) is 0. The van der Waals surface area contributed by atoms with Crippen LogP contribution in [0.2, 0.25) is 0 Å². The van der Waals surface area contributed by atoms with Crippen LogP contribution < -0.4 is 4.74 Å². The van der Waals surface area contributed by atoms with Crippen LogP contribution >= 0.6 is 0 Å². The van der Waals surface area contributed by atoms with Crippen molar-refractivity contribution in [3.63, 3.8) is 0 Å². The van der Waals surface area contributed by atoms with Gasteiger partial charge in [0.1, 0.15) is 0 Å². The Balaban J connectivity index is 1.74. The number of rotatable bonds is 4. The lowest BCUT2D eigenvalue weighted by atomic mass is 9.73. The largest absolute Gasteiger partial charge is 0.481 e. The van der Waals surface area contributed by atoms with E-state index in [4.69, 9.17) is 9.47 Å². The van der Waals surface area contributed by atoms with Gasteiger partial charge in [-0.1, -0.05) is 0 Å². The monoisotopic (exact) mass is 347 g/mol. The van der Waals surface area contributed by atoms with Crippen molar-refractivity contribution in [1.29, 1.82) is 0 Å². The Morgan fingerprint density at radius 1 is 1.28 bits per heavy atom. The normalized spacial score (nSPS) is 25.6. The van der Waals surface area contributed by atoms with Crippen molar-refractivity contribution < 1.29 is 19.1 Å². The first-order valence-electron chi connectivity index (χ1n) is 8.53. The van der Waals surface area contributed by atoms with E-state index in [1.165, 1.54) is 0 Å². The molecule has 0 aromatic carbocycles. The minimum atomic E-state index is -0.0463. The number of amides is 2. The van der Waals surface area contributed by atoms with Crippen LogP contribution in [0.25, 0.3) is 0 Å². The predicted molar refractivity (Wildman–Crippen MR) is 91.4 cm³/mol. The van der Waals surface area contributed by atoms with E-state index in [1.54, 1.807) is 39.5 Å². The van der Waals surface area contributed by atoms with Crippen molar-refractivity contribution in [3.05, 3.63) is 23.9 Å². The third-order valence-electron chi connectivity index (χ3n) is 5.49. The molecule has 2 saturated heterocycles. The topological polar surface area (TPSA) is 72.0 Å². The quantitative estimate of drug-likeness (QED) is 0.814. The molecule has 136 valence electrons. The first-order valence-corrected chi connectivity index (χ1v) is 8.53. The van der Waals surface area contributed by atoms with E-state index < -0.39 is 0 Å². The van der Waals surface area contributed by atoms with Crippen LogP contribution in [0.1, 0.15) is 23.7 Å². The zero-order chi connectivity index (χ0) is 18.0. The van der Waals surface area contributed by atoms with Gasteiger partial charge in [0.2, 0.25) is 11.8 Å². The lowest BCUT2D eigenvalue weighted by Crippen LogP contribution is -2.50. The van der Waals surface area contributed by atoms with E-state index in [2.05, 4.69) is 4.98 Å². The molecule has 1 aromatic heterocycles. The van der Waals surface area contributed by atoms with Gasteiger partial charge >= 0.3 is 0 Å². The number of fused-ring (bicyclic) bond motifs is 1. The van der Waals surface area contributed by atoms with Crippen LogP contribution in [0.5, 0.6) is 5.88 Å². The zero-order valence-electron chi connectivity index (χ0n) is 15.0. The fraction of sp³-hybridized carbons (Fsp3) is 0.611. The minimum Gasteiger partial charge on any atom is -0.481 e. The number of nitrogens with zero attached hydrogens (tertiary/aromatic N) is 3. The van der Waals surface area contributed by atoms with E-state index in [-0.39, 0.29) is 23.1 Å². The Labute approximate surface area is 147 Å². The van der Waals surface area contributed by atoms with Crippen molar-refractivity contribution >= 4 is 11.8 Å². The molecule has 0 saturated carbocycles. The van der Waals surface area contributed by atoms with Crippen molar-refractivity contribution in [2.24, 2.45) is 11.3 Å². The van der Waals surface area contributed by atoms with Crippen LogP contribution in [0, 0.1) is 11.3 Å². The number of methoxy groups -OCH3 is 2. The second-order valence-electron chi connectivity index (χ2n) is 6.98. The fourth-order valence-corrected chi connectivity index (χ4v) is 4.04. The molecule has 25 heavy (non-hydrogen) atoms. The summed E-state index contributed by atoms with van der Waals surface area (Å²) in [5.41, 5.74) is 0.511. The highest BCUT2D eigenvalue weighted by atomic mass is 16.5. The molecular weight excluding hydrogens is 322 g/mol. The average molecular weight is 347 g/mol. The van der Waals surface area contributed by atoms with Gasteiger partial charge in [0.25, 0.3) is 5.91 Å². The maximum Gasteiger partial charge on any atom is 0.255 e. The molecule has 2 aliphatic heterocycles. The van der Waals surface area contributed by atoms with Gasteiger partial charge in [-0.2, -0.15) is 0 Å². The third-order valence-corrected chi connectivity index (χ3v) is 5.49. The second kappa shape index (κ2) is 7.00. The lowest BCUT2D eigenvalue weighted by Gasteiger charge is -2.42. The van der Waals surface area contributed by atoms with Crippen LogP contribution in [0.4, 0.5) is 0 Å². The summed E-state index contributed by atoms with van der Waals surface area (Å²) >= 11 is 0. The Morgan fingerprint density at radius 3 is 2.64 bits per heavy atom. The maximum absolute atomic E-state index is 12.8. The first-order chi connectivity index (χ1) is 12.0. The average Bonchev–Trinajstić information content (AvgIpc) is 3.00. The number of pyridine rings is 1. The van der Waals surface area contributed by atoms with Crippen LogP contribution in [0.3, 0.4) is 0 Å². The van der Waals surface area contributed by atoms with Gasteiger partial charge in [0, 0.05) is 63.8 Å². The number of hydrogen-bond donors (Lipinski definition) is 0. The molecule has 0 radical (unpaired) electrons. The highest BCUT2D eigenvalue weighted by Gasteiger charge is 2.50. The second-order valence-corrected chi connectivity index (χ2v) is 6.98. The number of carbonyl (C=O) groups excluding carboxylic acids is 2. The van der Waals surface area contributed by atoms with Crippen LogP contribution in [-0.2, 0) is 9.53 Å². The minimum absolute atomic E-state index is 0.0255. The summed E-state index contributed by atoms with van der Waals surface area (Å²) < 4.78 is 10.5. The van der Waals surface area contributed by atoms with Gasteiger partial charge in [0.15, 0.2) is 0 Å². The van der Waals surface area contributed by atoms with Gasteiger partial charge in [0.05, 0.1) is 19.3 Å². The molecule has 7 heteroatoms. The summed E-state index contributed by atoms with van der Waals surface area (Å²) in [6.45, 7) is 4.92. The highest BCUT2D eigenvalue weighted by Crippen LogP contribution is 2.43. The highest BCUT2D eigenvalue weighted by molar-refractivity contribution is 5.94. The smallest absolute Gasteiger partial charge is 0.255 e. The molecule has 0 spiro atoms. The van der Waals surface area contributed by atoms with Gasteiger partial charge in [-0.3, -0.25) is 9.59 Å². The zero-order valence-corrected chi connectivity index (χ0v) is 15.0. The van der Waals surface area contributed by atoms with Crippen molar-refractivity contribution in [1.82, 2.24) is 14.8 Å².